The molecule has 0 spiro atoms. The van der Waals surface area contributed by atoms with Crippen LogP contribution < -0.4 is 43.4 Å². The average Bonchev–Trinajstić information content (AvgIpc) is 1.52. The number of rotatable bonds is 56. The third-order valence-corrected chi connectivity index (χ3v) is 22.4. The number of unbranched alkanes of at least 4 members (excludes halogenated alkanes) is 2. The van der Waals surface area contributed by atoms with E-state index in [1.807, 2.05) is 71.9 Å². The van der Waals surface area contributed by atoms with E-state index in [2.05, 4.69) is 31.9 Å². The van der Waals surface area contributed by atoms with Crippen LogP contribution in [0.5, 0.6) is 0 Å². The Morgan fingerprint density at radius 3 is 1.91 bits per heavy atom. The number of benzene rings is 2. The molecule has 1 heterocycles. The number of likely N-dealkylation sites (tertiary alicyclic amines) is 1. The summed E-state index contributed by atoms with van der Waals surface area (Å²) in [5.41, 5.74) is 12.1. The number of primary amides is 1. The van der Waals surface area contributed by atoms with Crippen molar-refractivity contribution in [1.82, 2.24) is 41.3 Å². The summed E-state index contributed by atoms with van der Waals surface area (Å²) in [5.74, 6) is -9.45. The molecule has 114 heavy (non-hydrogen) atoms. The molecule has 2 aromatic carbocycles. The second-order valence-electron chi connectivity index (χ2n) is 30.9. The van der Waals surface area contributed by atoms with Gasteiger partial charge < -0.3 is 87.2 Å². The van der Waals surface area contributed by atoms with Crippen LogP contribution in [0.15, 0.2) is 54.6 Å². The van der Waals surface area contributed by atoms with E-state index in [1.165, 1.54) is 26.0 Å². The van der Waals surface area contributed by atoms with Gasteiger partial charge in [-0.25, -0.2) is 9.59 Å². The first kappa shape index (κ1) is 99.8. The SMILES string of the molecule is CC[C@H](C)C([C@@H](CC(=O)N1CCC[C@H]1C(OC)[C@@H](C)C(=O)C[C@H](C)[C@@H](O)c1ccccc1)OC)N(C)C(=O)C(CC(=O)[C@@H](C(C)C)N(C)C(=O)OCc1ccc(NC(=O)C(CCCNC(N)=O)CC(=O)[C@@H](NC(=O)CCCCCNC(=O)C(CC(=O)O)SCC(NC(=O)CCOCCNC(=O)CN)C(C)=O)C(C)C)cc1)C(C)C. The fraction of sp³-hybridized carbons (Fsp3) is 0.683. The number of urea groups is 1. The molecule has 0 radical (unpaired) electrons. The van der Waals surface area contributed by atoms with Crippen LogP contribution in [-0.4, -0.2) is 235 Å². The molecule has 14 atom stereocenters. The van der Waals surface area contributed by atoms with E-state index in [0.717, 1.165) is 17.3 Å². The van der Waals surface area contributed by atoms with Crippen LogP contribution in [0, 0.1) is 47.3 Å². The van der Waals surface area contributed by atoms with Gasteiger partial charge in [0.25, 0.3) is 0 Å². The number of thioether (sulfide) groups is 1. The van der Waals surface area contributed by atoms with E-state index >= 15 is 0 Å². The van der Waals surface area contributed by atoms with E-state index in [1.54, 1.807) is 75.9 Å². The Kier molecular flexibility index (Phi) is 45.7. The zero-order valence-corrected chi connectivity index (χ0v) is 70.4. The minimum absolute atomic E-state index is 0.00373. The van der Waals surface area contributed by atoms with E-state index in [0.29, 0.717) is 56.3 Å². The molecule has 2 aromatic rings. The summed E-state index contributed by atoms with van der Waals surface area (Å²) in [4.78, 5) is 191. The van der Waals surface area contributed by atoms with Crippen molar-refractivity contribution in [3.63, 3.8) is 0 Å². The van der Waals surface area contributed by atoms with Crippen molar-refractivity contribution < 1.29 is 96.3 Å². The fourth-order valence-electron chi connectivity index (χ4n) is 14.2. The molecule has 12 N–H and O–H groups in total. The Morgan fingerprint density at radius 1 is 0.667 bits per heavy atom. The van der Waals surface area contributed by atoms with Gasteiger partial charge in [0.1, 0.15) is 12.4 Å². The first-order chi connectivity index (χ1) is 53.9. The highest BCUT2D eigenvalue weighted by Gasteiger charge is 2.44. The Labute approximate surface area is 677 Å². The lowest BCUT2D eigenvalue weighted by molar-refractivity contribution is -0.149. The number of Topliss-reactive ketones (excluding diaryl/α,β-unsaturated/α-hetero) is 4. The second kappa shape index (κ2) is 52.2. The van der Waals surface area contributed by atoms with Crippen molar-refractivity contribution in [2.45, 2.75) is 233 Å². The number of aliphatic carboxylic acids is 1. The number of carbonyl (C=O) groups excluding carboxylic acids is 13. The van der Waals surface area contributed by atoms with Crippen molar-refractivity contribution in [2.24, 2.45) is 58.8 Å². The summed E-state index contributed by atoms with van der Waals surface area (Å²) in [7, 11) is 6.19. The summed E-state index contributed by atoms with van der Waals surface area (Å²) in [6.45, 7) is 20.3. The van der Waals surface area contributed by atoms with Gasteiger partial charge in [-0.1, -0.05) is 125 Å². The lowest BCUT2D eigenvalue weighted by Gasteiger charge is -2.41. The third-order valence-electron chi connectivity index (χ3n) is 21.1. The Bertz CT molecular complexity index is 3420. The largest absolute Gasteiger partial charge is 0.481 e. The smallest absolute Gasteiger partial charge is 0.410 e. The fourth-order valence-corrected chi connectivity index (χ4v) is 15.5. The third kappa shape index (κ3) is 34.2. The highest BCUT2D eigenvalue weighted by Crippen LogP contribution is 2.34. The summed E-state index contributed by atoms with van der Waals surface area (Å²) < 4.78 is 23.2. The zero-order chi connectivity index (χ0) is 85.5. The quantitative estimate of drug-likeness (QED) is 0.0309. The van der Waals surface area contributed by atoms with E-state index in [4.69, 9.17) is 30.4 Å². The minimum Gasteiger partial charge on any atom is -0.481 e. The van der Waals surface area contributed by atoms with Crippen molar-refractivity contribution in [3.05, 3.63) is 65.7 Å². The first-order valence-corrected chi connectivity index (χ1v) is 41.0. The predicted octanol–water partition coefficient (Wildman–Crippen LogP) is 6.67. The molecule has 640 valence electrons. The van der Waals surface area contributed by atoms with Gasteiger partial charge in [0.05, 0.1) is 86.4 Å². The molecule has 0 saturated carbocycles. The zero-order valence-electron chi connectivity index (χ0n) is 69.6. The number of hydrogen-bond donors (Lipinski definition) is 10. The average molecular weight is 1620 g/mol. The van der Waals surface area contributed by atoms with Crippen molar-refractivity contribution >= 4 is 100 Å². The topological polar surface area (TPSA) is 450 Å². The van der Waals surface area contributed by atoms with Gasteiger partial charge in [-0.15, -0.1) is 11.8 Å². The number of carboxylic acid groups (broad SMARTS) is 1. The van der Waals surface area contributed by atoms with E-state index in [-0.39, 0.29) is 156 Å². The van der Waals surface area contributed by atoms with Gasteiger partial charge in [0.2, 0.25) is 41.4 Å². The molecule has 0 aromatic heterocycles. The molecular weight excluding hydrogens is 1490 g/mol. The number of anilines is 1. The van der Waals surface area contributed by atoms with Gasteiger partial charge in [-0.2, -0.15) is 0 Å². The maximum Gasteiger partial charge on any atom is 0.410 e. The number of hydrogen-bond acceptors (Lipinski definition) is 21. The van der Waals surface area contributed by atoms with Gasteiger partial charge in [0.15, 0.2) is 17.3 Å². The lowest BCUT2D eigenvalue weighted by Crippen LogP contribution is -2.54. The lowest BCUT2D eigenvalue weighted by atomic mass is 9.83. The Balaban J connectivity index is 1.61. The molecule has 31 nitrogen and oxygen atoms in total. The molecule has 10 amide bonds. The normalized spacial score (nSPS) is 16.2. The number of ether oxygens (including phenoxy) is 4. The number of likely N-dealkylation sites (N-methyl/N-ethyl adjacent to an activating group) is 2. The van der Waals surface area contributed by atoms with Crippen LogP contribution in [0.1, 0.15) is 190 Å². The standard InChI is InChI=1S/C82H131N11O20S/c1-16-52(8)75(66(110-14)44-71(101)93-38-24-28-62(93)77(111-15)54(10)63(95)41-53(9)76(104)57-25-19-17-20-26-57)91(12)80(107)60(49(2)3)43-65(97)74(51(6)7)92(13)82(109)113-47-56-30-32-59(33-31-56)88-78(105)58(27-23-36-87-81(84)108)42-64(96)73(50(4)5)90-68(98)29-21-18-22-35-86-79(106)67(45-72(102)103)114-48-61(55(11)94)89-69(99)34-39-112-40-37-85-70(100)46-83/h17,19-20,25-26,30-33,49-54,58,60-62,66-67,73-77,104H,16,18,21-24,27-29,34-48,83H2,1-15H3,(H,85,100)(H,86,106)(H,88,105)(H,89,99)(H,90,98)(H,102,103)(H3,84,87,108)/t52-,53-,54-,58?,60?,61?,62-,66+,67?,73-,74+,75?,76+,77?/m0/s1. The Hall–Kier alpha value is -8.43. The maximum atomic E-state index is 14.9. The highest BCUT2D eigenvalue weighted by atomic mass is 32.2. The molecule has 6 unspecified atom stereocenters. The highest BCUT2D eigenvalue weighted by molar-refractivity contribution is 8.00. The maximum absolute atomic E-state index is 14.9. The number of nitrogens with two attached hydrogens (primary N) is 2. The first-order valence-electron chi connectivity index (χ1n) is 39.9. The summed E-state index contributed by atoms with van der Waals surface area (Å²) in [5, 5.41) is 35.5. The number of amides is 10. The molecule has 32 heteroatoms. The molecule has 0 aliphatic carbocycles. The summed E-state index contributed by atoms with van der Waals surface area (Å²) in [6, 6.07) is 10.9. The minimum atomic E-state index is -1.25. The summed E-state index contributed by atoms with van der Waals surface area (Å²) >= 11 is 0.909. The van der Waals surface area contributed by atoms with Crippen molar-refractivity contribution in [2.75, 3.05) is 85.3 Å². The van der Waals surface area contributed by atoms with Gasteiger partial charge in [-0.3, -0.25) is 57.5 Å². The van der Waals surface area contributed by atoms with E-state index in [9.17, 15) is 77.3 Å². The Morgan fingerprint density at radius 2 is 1.32 bits per heavy atom. The number of aliphatic hydroxyl groups excluding tert-OH is 1. The number of nitrogens with one attached hydrogen (secondary N) is 6. The monoisotopic (exact) mass is 1620 g/mol. The molecule has 1 fully saturated rings. The van der Waals surface area contributed by atoms with Crippen LogP contribution in [0.3, 0.4) is 0 Å². The van der Waals surface area contributed by atoms with Gasteiger partial charge in [0, 0.05) is 116 Å². The van der Waals surface area contributed by atoms with Crippen LogP contribution in [-0.2, 0) is 83.1 Å². The van der Waals surface area contributed by atoms with E-state index < -0.39 is 137 Å². The van der Waals surface area contributed by atoms with Gasteiger partial charge >= 0.3 is 18.1 Å². The predicted molar refractivity (Wildman–Crippen MR) is 433 cm³/mol. The number of methoxy groups -OCH3 is 2. The van der Waals surface area contributed by atoms with Crippen molar-refractivity contribution in [3.8, 4) is 0 Å². The molecule has 0 bridgehead atoms. The molecule has 1 aliphatic rings. The second-order valence-corrected chi connectivity index (χ2v) is 32.1. The van der Waals surface area contributed by atoms with Gasteiger partial charge in [-0.05, 0) is 98.3 Å². The molecular formula is C82H131N11O20S. The molecule has 1 aliphatic heterocycles. The van der Waals surface area contributed by atoms with Crippen LogP contribution >= 0.6 is 11.8 Å². The number of nitrogens with zero attached hydrogens (tertiary/aromatic N) is 3. The summed E-state index contributed by atoms with van der Waals surface area (Å²) in [6.07, 6.45) is -0.451. The van der Waals surface area contributed by atoms with Crippen molar-refractivity contribution in [1.29, 1.82) is 0 Å². The number of ketones is 4. The van der Waals surface area contributed by atoms with Crippen LogP contribution in [0.2, 0.25) is 0 Å². The number of carbonyl (C=O) groups is 14. The van der Waals surface area contributed by atoms with Crippen LogP contribution in [0.4, 0.5) is 15.3 Å². The number of aliphatic hydroxyl groups is 1. The molecule has 3 rings (SSSR count). The number of carboxylic acids is 1. The van der Waals surface area contributed by atoms with Crippen LogP contribution in [0.25, 0.3) is 0 Å². The molecule has 1 saturated heterocycles.